The molecule has 0 spiro atoms. The zero-order valence-electron chi connectivity index (χ0n) is 9.32. The fourth-order valence-corrected chi connectivity index (χ4v) is 1.93. The van der Waals surface area contributed by atoms with Gasteiger partial charge >= 0.3 is 21.6 Å². The predicted octanol–water partition coefficient (Wildman–Crippen LogP) is 2.01. The molecular formula is C9H11F3O5S. The van der Waals surface area contributed by atoms with Gasteiger partial charge in [0.1, 0.15) is 5.76 Å². The maximum Gasteiger partial charge on any atom is 0.534 e. The Hall–Kier alpha value is -1.25. The van der Waals surface area contributed by atoms with Gasteiger partial charge in [0, 0.05) is 6.42 Å². The number of aliphatic carboxylic acids is 1. The fraction of sp³-hybridized carbons (Fsp3) is 0.667. The molecule has 0 aromatic rings. The number of alkyl halides is 3. The summed E-state index contributed by atoms with van der Waals surface area (Å²) in [5.74, 6) is -1.46. The molecule has 9 heteroatoms. The van der Waals surface area contributed by atoms with Crippen molar-refractivity contribution in [1.82, 2.24) is 0 Å². The summed E-state index contributed by atoms with van der Waals surface area (Å²) in [4.78, 5) is 10.9. The lowest BCUT2D eigenvalue weighted by Gasteiger charge is -2.27. The number of carboxylic acids is 1. The molecule has 0 aliphatic heterocycles. The summed E-state index contributed by atoms with van der Waals surface area (Å²) < 4.78 is 61.5. The molecule has 18 heavy (non-hydrogen) atoms. The van der Waals surface area contributed by atoms with Crippen LogP contribution >= 0.6 is 0 Å². The molecule has 0 aromatic carbocycles. The first-order valence-corrected chi connectivity index (χ1v) is 6.32. The molecule has 1 unspecified atom stereocenters. The van der Waals surface area contributed by atoms with Crippen LogP contribution in [0.3, 0.4) is 0 Å². The number of allylic oxidation sites excluding steroid dienone is 2. The van der Waals surface area contributed by atoms with E-state index in [9.17, 15) is 26.4 Å². The molecule has 5 nitrogen and oxygen atoms in total. The van der Waals surface area contributed by atoms with Gasteiger partial charge in [-0.1, -0.05) is 0 Å². The average molecular weight is 288 g/mol. The first kappa shape index (κ1) is 14.8. The van der Waals surface area contributed by atoms with Crippen molar-refractivity contribution in [2.75, 3.05) is 0 Å². The second-order valence-corrected chi connectivity index (χ2v) is 5.76. The zero-order valence-corrected chi connectivity index (χ0v) is 10.1. The molecule has 0 heterocycles. The van der Waals surface area contributed by atoms with Crippen molar-refractivity contribution < 1.29 is 35.7 Å². The highest BCUT2D eigenvalue weighted by Crippen LogP contribution is 2.37. The quantitative estimate of drug-likeness (QED) is 0.634. The van der Waals surface area contributed by atoms with Gasteiger partial charge < -0.3 is 9.29 Å². The molecule has 0 fully saturated rings. The van der Waals surface area contributed by atoms with E-state index >= 15 is 0 Å². The fourth-order valence-electron chi connectivity index (χ4n) is 1.40. The largest absolute Gasteiger partial charge is 0.534 e. The maximum absolute atomic E-state index is 12.0. The second kappa shape index (κ2) is 4.45. The van der Waals surface area contributed by atoms with Gasteiger partial charge in [-0.3, -0.25) is 4.79 Å². The van der Waals surface area contributed by atoms with Gasteiger partial charge in [-0.05, 0) is 25.8 Å². The molecule has 1 aliphatic rings. The lowest BCUT2D eigenvalue weighted by molar-refractivity contribution is -0.148. The van der Waals surface area contributed by atoms with Crippen LogP contribution in [0.15, 0.2) is 11.8 Å². The van der Waals surface area contributed by atoms with Crippen LogP contribution in [0.1, 0.15) is 26.2 Å². The molecule has 0 amide bonds. The van der Waals surface area contributed by atoms with Crippen LogP contribution in [-0.2, 0) is 19.1 Å². The van der Waals surface area contributed by atoms with Crippen molar-refractivity contribution in [3.8, 4) is 0 Å². The van der Waals surface area contributed by atoms with Crippen molar-refractivity contribution in [3.05, 3.63) is 11.8 Å². The van der Waals surface area contributed by atoms with Crippen LogP contribution in [0.4, 0.5) is 13.2 Å². The van der Waals surface area contributed by atoms with Crippen molar-refractivity contribution in [2.45, 2.75) is 31.7 Å². The Morgan fingerprint density at radius 2 is 2.06 bits per heavy atom. The predicted molar refractivity (Wildman–Crippen MR) is 53.7 cm³/mol. The van der Waals surface area contributed by atoms with Crippen LogP contribution in [0.2, 0.25) is 0 Å². The van der Waals surface area contributed by atoms with E-state index in [1.165, 1.54) is 6.92 Å². The Morgan fingerprint density at radius 1 is 1.50 bits per heavy atom. The summed E-state index contributed by atoms with van der Waals surface area (Å²) in [6.07, 6.45) is 0.839. The van der Waals surface area contributed by atoms with E-state index in [0.29, 0.717) is 0 Å². The Morgan fingerprint density at radius 3 is 2.39 bits per heavy atom. The highest BCUT2D eigenvalue weighted by Gasteiger charge is 2.49. The van der Waals surface area contributed by atoms with E-state index in [0.717, 1.165) is 6.08 Å². The third-order valence-corrected chi connectivity index (χ3v) is 3.72. The summed E-state index contributed by atoms with van der Waals surface area (Å²) in [7, 11) is -5.67. The normalized spacial score (nSPS) is 25.4. The van der Waals surface area contributed by atoms with E-state index in [4.69, 9.17) is 5.11 Å². The Bertz CT molecular complexity index is 479. The van der Waals surface area contributed by atoms with Crippen LogP contribution < -0.4 is 0 Å². The monoisotopic (exact) mass is 288 g/mol. The number of rotatable bonds is 3. The van der Waals surface area contributed by atoms with Crippen molar-refractivity contribution in [2.24, 2.45) is 5.41 Å². The molecule has 0 bridgehead atoms. The van der Waals surface area contributed by atoms with Gasteiger partial charge in [0.2, 0.25) is 0 Å². The summed E-state index contributed by atoms with van der Waals surface area (Å²) in [5, 5.41) is 8.88. The molecule has 0 radical (unpaired) electrons. The van der Waals surface area contributed by atoms with Crippen molar-refractivity contribution in [1.29, 1.82) is 0 Å². The molecule has 1 N–H and O–H groups in total. The lowest BCUT2D eigenvalue weighted by Crippen LogP contribution is -2.31. The number of hydrogen-bond acceptors (Lipinski definition) is 4. The van der Waals surface area contributed by atoms with Gasteiger partial charge in [0.15, 0.2) is 0 Å². The number of hydrogen-bond donors (Lipinski definition) is 1. The van der Waals surface area contributed by atoms with Gasteiger partial charge in [-0.2, -0.15) is 21.6 Å². The van der Waals surface area contributed by atoms with Gasteiger partial charge in [0.05, 0.1) is 5.41 Å². The highest BCUT2D eigenvalue weighted by atomic mass is 32.2. The molecule has 0 aromatic heterocycles. The number of carboxylic acid groups (broad SMARTS) is 1. The van der Waals surface area contributed by atoms with E-state index in [1.807, 2.05) is 0 Å². The minimum Gasteiger partial charge on any atom is -0.481 e. The van der Waals surface area contributed by atoms with E-state index in [2.05, 4.69) is 4.18 Å². The number of carbonyl (C=O) groups is 1. The molecular weight excluding hydrogens is 277 g/mol. The first-order valence-electron chi connectivity index (χ1n) is 4.91. The zero-order chi connectivity index (χ0) is 14.2. The van der Waals surface area contributed by atoms with Crippen LogP contribution in [0.25, 0.3) is 0 Å². The van der Waals surface area contributed by atoms with E-state index in [-0.39, 0.29) is 25.0 Å². The Balaban J connectivity index is 2.81. The average Bonchev–Trinajstić information content (AvgIpc) is 2.19. The van der Waals surface area contributed by atoms with Gasteiger partial charge in [-0.25, -0.2) is 0 Å². The highest BCUT2D eigenvalue weighted by molar-refractivity contribution is 7.87. The van der Waals surface area contributed by atoms with Gasteiger partial charge in [0.25, 0.3) is 0 Å². The third-order valence-electron chi connectivity index (χ3n) is 2.72. The lowest BCUT2D eigenvalue weighted by atomic mass is 9.78. The molecule has 1 rings (SSSR count). The SMILES string of the molecule is CC1(C(=O)O)CC=C(OS(=O)(=O)C(F)(F)F)CC1. The Kier molecular flexibility index (Phi) is 3.66. The molecule has 104 valence electrons. The Labute approximate surface area is 101 Å². The summed E-state index contributed by atoms with van der Waals surface area (Å²) >= 11 is 0. The maximum atomic E-state index is 12.0. The smallest absolute Gasteiger partial charge is 0.481 e. The van der Waals surface area contributed by atoms with Gasteiger partial charge in [-0.15, -0.1) is 0 Å². The topological polar surface area (TPSA) is 80.7 Å². The van der Waals surface area contributed by atoms with Crippen LogP contribution in [0, 0.1) is 5.41 Å². The van der Waals surface area contributed by atoms with Crippen LogP contribution in [0.5, 0.6) is 0 Å². The summed E-state index contributed by atoms with van der Waals surface area (Å²) in [6.45, 7) is 1.43. The second-order valence-electron chi connectivity index (χ2n) is 4.22. The molecule has 0 saturated carbocycles. The summed E-state index contributed by atoms with van der Waals surface area (Å²) in [5.41, 5.74) is -6.59. The minimum absolute atomic E-state index is 0.0154. The van der Waals surface area contributed by atoms with Crippen molar-refractivity contribution in [3.63, 3.8) is 0 Å². The number of halogens is 3. The standard InChI is InChI=1S/C9H11F3O5S/c1-8(7(13)14)4-2-6(3-5-8)17-18(15,16)9(10,11)12/h2H,3-5H2,1H3,(H,13,14). The summed E-state index contributed by atoms with van der Waals surface area (Å²) in [6, 6.07) is 0. The molecule has 0 saturated heterocycles. The molecule has 1 atom stereocenters. The third kappa shape index (κ3) is 2.95. The molecule has 1 aliphatic carbocycles. The van der Waals surface area contributed by atoms with E-state index < -0.39 is 27.0 Å². The van der Waals surface area contributed by atoms with Crippen LogP contribution in [-0.4, -0.2) is 25.0 Å². The van der Waals surface area contributed by atoms with E-state index in [1.54, 1.807) is 0 Å². The minimum atomic E-state index is -5.67. The van der Waals surface area contributed by atoms with Crippen molar-refractivity contribution >= 4 is 16.1 Å². The first-order chi connectivity index (χ1) is 7.98.